The summed E-state index contributed by atoms with van der Waals surface area (Å²) in [6.45, 7) is -0.561. The molecule has 0 aliphatic heterocycles. The first kappa shape index (κ1) is 23.3. The van der Waals surface area contributed by atoms with E-state index in [1.807, 2.05) is 0 Å². The zero-order chi connectivity index (χ0) is 23.3. The summed E-state index contributed by atoms with van der Waals surface area (Å²) in [6, 6.07) is 8.81. The van der Waals surface area contributed by atoms with Crippen LogP contribution in [0.5, 0.6) is 0 Å². The molecule has 0 radical (unpaired) electrons. The molecule has 0 unspecified atom stereocenters. The number of aromatic amines is 1. The van der Waals surface area contributed by atoms with Crippen molar-refractivity contribution in [2.45, 2.75) is 38.5 Å². The molecule has 1 amide bonds. The van der Waals surface area contributed by atoms with Gasteiger partial charge in [0.1, 0.15) is 12.4 Å². The third kappa shape index (κ3) is 6.58. The number of carbonyl (C=O) groups excluding carboxylic acids is 1. The van der Waals surface area contributed by atoms with Crippen LogP contribution < -0.4 is 16.4 Å². The van der Waals surface area contributed by atoms with Crippen molar-refractivity contribution in [3.05, 3.63) is 73.7 Å². The molecule has 3 aromatic rings. The minimum absolute atomic E-state index is 0.0510. The van der Waals surface area contributed by atoms with Crippen LogP contribution in [0.2, 0.25) is 5.02 Å². The van der Waals surface area contributed by atoms with E-state index in [9.17, 15) is 27.6 Å². The number of benzene rings is 1. The zero-order valence-electron chi connectivity index (χ0n) is 16.5. The third-order valence-electron chi connectivity index (χ3n) is 4.42. The van der Waals surface area contributed by atoms with Gasteiger partial charge in [-0.15, -0.1) is 0 Å². The van der Waals surface area contributed by atoms with Crippen molar-refractivity contribution < 1.29 is 22.5 Å². The van der Waals surface area contributed by atoms with Gasteiger partial charge >= 0.3 is 6.18 Å². The van der Waals surface area contributed by atoms with Gasteiger partial charge in [0.25, 0.3) is 11.1 Å². The van der Waals surface area contributed by atoms with Crippen molar-refractivity contribution in [3.8, 4) is 11.3 Å². The minimum atomic E-state index is -4.35. The van der Waals surface area contributed by atoms with Gasteiger partial charge in [0, 0.05) is 35.6 Å². The molecule has 0 aliphatic carbocycles. The van der Waals surface area contributed by atoms with Crippen LogP contribution in [-0.4, -0.2) is 26.8 Å². The number of hydrogen-bond donors (Lipinski definition) is 2. The van der Waals surface area contributed by atoms with Crippen LogP contribution in [-0.2, 0) is 24.3 Å². The molecular formula is C20H18ClF3N4O4. The van der Waals surface area contributed by atoms with Gasteiger partial charge in [-0.05, 0) is 18.6 Å². The summed E-state index contributed by atoms with van der Waals surface area (Å²) in [4.78, 5) is 40.4. The molecule has 0 aliphatic rings. The van der Waals surface area contributed by atoms with E-state index in [4.69, 9.17) is 16.1 Å². The van der Waals surface area contributed by atoms with Crippen LogP contribution in [0.3, 0.4) is 0 Å². The molecule has 0 saturated carbocycles. The molecule has 2 heterocycles. The van der Waals surface area contributed by atoms with Crippen LogP contribution in [0.4, 0.5) is 13.2 Å². The molecule has 1 aromatic carbocycles. The Bertz CT molecular complexity index is 1200. The number of hydrogen-bond acceptors (Lipinski definition) is 5. The quantitative estimate of drug-likeness (QED) is 0.526. The van der Waals surface area contributed by atoms with Crippen LogP contribution in [0.25, 0.3) is 11.3 Å². The van der Waals surface area contributed by atoms with Gasteiger partial charge in [-0.3, -0.25) is 19.0 Å². The summed E-state index contributed by atoms with van der Waals surface area (Å²) in [6.07, 6.45) is -5.85. The molecule has 0 bridgehead atoms. The van der Waals surface area contributed by atoms with Crippen LogP contribution in [0.15, 0.2) is 50.5 Å². The fraction of sp³-hybridized carbons (Fsp3) is 0.300. The number of aromatic nitrogens is 3. The maximum Gasteiger partial charge on any atom is 0.389 e. The minimum Gasteiger partial charge on any atom is -0.382 e. The van der Waals surface area contributed by atoms with Gasteiger partial charge in [-0.2, -0.15) is 18.3 Å². The largest absolute Gasteiger partial charge is 0.389 e. The maximum absolute atomic E-state index is 12.7. The number of H-pyrrole nitrogens is 1. The van der Waals surface area contributed by atoms with E-state index in [1.165, 1.54) is 6.07 Å². The summed E-state index contributed by atoms with van der Waals surface area (Å²) in [7, 11) is 0. The zero-order valence-corrected chi connectivity index (χ0v) is 17.3. The lowest BCUT2D eigenvalue weighted by atomic mass is 10.1. The Labute approximate surface area is 184 Å². The summed E-state index contributed by atoms with van der Waals surface area (Å²) in [5.41, 5.74) is -0.239. The van der Waals surface area contributed by atoms with E-state index in [0.717, 1.165) is 10.6 Å². The highest BCUT2D eigenvalue weighted by Gasteiger charge is 2.26. The number of rotatable bonds is 8. The smallest absolute Gasteiger partial charge is 0.382 e. The highest BCUT2D eigenvalue weighted by molar-refractivity contribution is 6.30. The second-order valence-corrected chi connectivity index (χ2v) is 7.35. The number of carbonyl (C=O) groups is 1. The van der Waals surface area contributed by atoms with Crippen molar-refractivity contribution in [2.75, 3.05) is 0 Å². The highest BCUT2D eigenvalue weighted by atomic mass is 35.5. The Hall–Kier alpha value is -3.34. The van der Waals surface area contributed by atoms with Gasteiger partial charge in [-0.1, -0.05) is 23.7 Å². The molecule has 0 atom stereocenters. The number of amides is 1. The van der Waals surface area contributed by atoms with Crippen molar-refractivity contribution in [1.29, 1.82) is 0 Å². The Morgan fingerprint density at radius 2 is 1.91 bits per heavy atom. The first-order chi connectivity index (χ1) is 15.1. The topological polar surface area (TPSA) is 110 Å². The lowest BCUT2D eigenvalue weighted by molar-refractivity contribution is -0.135. The maximum atomic E-state index is 12.7. The molecule has 0 spiro atoms. The van der Waals surface area contributed by atoms with E-state index in [1.54, 1.807) is 24.3 Å². The Morgan fingerprint density at radius 3 is 2.53 bits per heavy atom. The van der Waals surface area contributed by atoms with Crippen molar-refractivity contribution in [3.63, 3.8) is 0 Å². The Balaban J connectivity index is 1.83. The molecule has 0 saturated heterocycles. The standard InChI is InChI=1S/C20H18ClF3N4O4/c21-13-5-3-12(4-6-13)15-9-19(31)28(16(26-15)2-1-7-20(22,23)24)11-18(30)25-10-14-8-17(29)27-32-14/h3-6,8-9H,1-2,7,10-11H2,(H,25,30)(H,27,29). The van der Waals surface area contributed by atoms with Crippen molar-refractivity contribution >= 4 is 17.5 Å². The normalized spacial score (nSPS) is 11.5. The van der Waals surface area contributed by atoms with Crippen LogP contribution in [0.1, 0.15) is 24.4 Å². The first-order valence-electron chi connectivity index (χ1n) is 9.48. The number of aryl methyl sites for hydroxylation is 1. The molecule has 170 valence electrons. The molecular weight excluding hydrogens is 453 g/mol. The number of nitrogens with zero attached hydrogens (tertiary/aromatic N) is 2. The fourth-order valence-electron chi connectivity index (χ4n) is 2.92. The molecule has 0 fully saturated rings. The fourth-order valence-corrected chi connectivity index (χ4v) is 3.05. The van der Waals surface area contributed by atoms with E-state index < -0.39 is 36.2 Å². The third-order valence-corrected chi connectivity index (χ3v) is 4.68. The predicted molar refractivity (Wildman–Crippen MR) is 109 cm³/mol. The summed E-state index contributed by atoms with van der Waals surface area (Å²) < 4.78 is 43.6. The van der Waals surface area contributed by atoms with E-state index in [2.05, 4.69) is 15.5 Å². The van der Waals surface area contributed by atoms with Crippen molar-refractivity contribution in [1.82, 2.24) is 20.0 Å². The van der Waals surface area contributed by atoms with Gasteiger partial charge < -0.3 is 9.84 Å². The number of halogens is 4. The Morgan fingerprint density at radius 1 is 1.19 bits per heavy atom. The van der Waals surface area contributed by atoms with E-state index >= 15 is 0 Å². The molecule has 2 N–H and O–H groups in total. The van der Waals surface area contributed by atoms with Crippen molar-refractivity contribution in [2.24, 2.45) is 0 Å². The first-order valence-corrected chi connectivity index (χ1v) is 9.86. The van der Waals surface area contributed by atoms with E-state index in [0.29, 0.717) is 10.6 Å². The second-order valence-electron chi connectivity index (χ2n) is 6.91. The molecule has 8 nitrogen and oxygen atoms in total. The lowest BCUT2D eigenvalue weighted by Gasteiger charge is -2.14. The second kappa shape index (κ2) is 9.86. The van der Waals surface area contributed by atoms with Gasteiger partial charge in [0.2, 0.25) is 5.91 Å². The molecule has 12 heteroatoms. The van der Waals surface area contributed by atoms with E-state index in [-0.39, 0.29) is 36.7 Å². The summed E-state index contributed by atoms with van der Waals surface area (Å²) in [5.74, 6) is -0.374. The average Bonchev–Trinajstić information content (AvgIpc) is 3.13. The summed E-state index contributed by atoms with van der Waals surface area (Å²) >= 11 is 5.87. The summed E-state index contributed by atoms with van der Waals surface area (Å²) in [5, 5.41) is 5.02. The Kier molecular flexibility index (Phi) is 7.18. The SMILES string of the molecule is O=C(Cn1c(CCCC(F)(F)F)nc(-c2ccc(Cl)cc2)cc1=O)NCc1cc(=O)[nH]o1. The lowest BCUT2D eigenvalue weighted by Crippen LogP contribution is -2.34. The van der Waals surface area contributed by atoms with Gasteiger partial charge in [-0.25, -0.2) is 4.98 Å². The average molecular weight is 471 g/mol. The van der Waals surface area contributed by atoms with Gasteiger partial charge in [0.05, 0.1) is 12.2 Å². The predicted octanol–water partition coefficient (Wildman–Crippen LogP) is 3.05. The number of nitrogens with one attached hydrogen (secondary N) is 2. The monoisotopic (exact) mass is 470 g/mol. The van der Waals surface area contributed by atoms with Crippen LogP contribution >= 0.6 is 11.6 Å². The highest BCUT2D eigenvalue weighted by Crippen LogP contribution is 2.23. The molecule has 32 heavy (non-hydrogen) atoms. The van der Waals surface area contributed by atoms with Crippen LogP contribution in [0, 0.1) is 0 Å². The number of alkyl halides is 3. The molecule has 3 rings (SSSR count). The van der Waals surface area contributed by atoms with Gasteiger partial charge in [0.15, 0.2) is 5.76 Å². The molecule has 2 aromatic heterocycles.